The molecule has 3 heterocycles. The molecule has 0 radical (unpaired) electrons. The lowest BCUT2D eigenvalue weighted by Gasteiger charge is -2.32. The van der Waals surface area contributed by atoms with Crippen LogP contribution < -0.4 is 5.32 Å². The Labute approximate surface area is 145 Å². The second kappa shape index (κ2) is 5.09. The number of carbonyl (C=O) groups is 2. The summed E-state index contributed by atoms with van der Waals surface area (Å²) in [6, 6.07) is 1.95. The Balaban J connectivity index is 1.50. The van der Waals surface area contributed by atoms with Crippen LogP contribution in [0.1, 0.15) is 37.3 Å². The van der Waals surface area contributed by atoms with Gasteiger partial charge in [0.1, 0.15) is 0 Å². The van der Waals surface area contributed by atoms with Gasteiger partial charge in [0.25, 0.3) is 5.91 Å². The van der Waals surface area contributed by atoms with E-state index in [4.69, 9.17) is 0 Å². The van der Waals surface area contributed by atoms with Crippen LogP contribution in [0.5, 0.6) is 0 Å². The molecule has 0 spiro atoms. The van der Waals surface area contributed by atoms with Crippen LogP contribution in [0.15, 0.2) is 28.1 Å². The van der Waals surface area contributed by atoms with Crippen molar-refractivity contribution in [2.45, 2.75) is 37.8 Å². The summed E-state index contributed by atoms with van der Waals surface area (Å²) < 4.78 is 0. The lowest BCUT2D eigenvalue weighted by atomic mass is 9.93. The summed E-state index contributed by atoms with van der Waals surface area (Å²) >= 11 is 1.59. The number of fused-ring (bicyclic) bond motifs is 2. The molecule has 1 aromatic heterocycles. The van der Waals surface area contributed by atoms with Gasteiger partial charge in [-0.1, -0.05) is 6.42 Å². The second-order valence-electron chi connectivity index (χ2n) is 7.53. The molecule has 3 amide bonds. The first-order valence-electron chi connectivity index (χ1n) is 8.74. The Morgan fingerprint density at radius 1 is 1.25 bits per heavy atom. The van der Waals surface area contributed by atoms with Crippen molar-refractivity contribution in [1.29, 1.82) is 0 Å². The van der Waals surface area contributed by atoms with Crippen molar-refractivity contribution in [2.24, 2.45) is 11.8 Å². The quantitative estimate of drug-likeness (QED) is 0.898. The zero-order chi connectivity index (χ0) is 16.4. The van der Waals surface area contributed by atoms with Crippen molar-refractivity contribution in [3.63, 3.8) is 0 Å². The standard InChI is InChI=1S/C18H21N3O2S/c1-20-14-8-21(13-7-10-2-3-11(13)6-10)17(22)15(14)16(19-18(20)23)12-4-5-24-9-12/h4-5,9-11,13,16H,2-3,6-8H2,1H3,(H,19,23). The van der Waals surface area contributed by atoms with Crippen molar-refractivity contribution in [1.82, 2.24) is 15.1 Å². The van der Waals surface area contributed by atoms with Crippen LogP contribution in [-0.2, 0) is 4.79 Å². The highest BCUT2D eigenvalue weighted by atomic mass is 32.1. The Kier molecular flexibility index (Phi) is 3.08. The number of nitrogens with one attached hydrogen (secondary N) is 1. The van der Waals surface area contributed by atoms with Gasteiger partial charge in [-0.2, -0.15) is 11.3 Å². The van der Waals surface area contributed by atoms with Gasteiger partial charge >= 0.3 is 6.03 Å². The van der Waals surface area contributed by atoms with Crippen molar-refractivity contribution in [3.8, 4) is 0 Å². The molecule has 0 saturated heterocycles. The molecule has 5 rings (SSSR count). The average molecular weight is 343 g/mol. The Bertz CT molecular complexity index is 741. The first kappa shape index (κ1) is 14.5. The normalized spacial score (nSPS) is 35.0. The summed E-state index contributed by atoms with van der Waals surface area (Å²) in [5.74, 6) is 1.59. The molecule has 24 heavy (non-hydrogen) atoms. The van der Waals surface area contributed by atoms with E-state index in [9.17, 15) is 9.59 Å². The molecule has 5 nitrogen and oxygen atoms in total. The zero-order valence-corrected chi connectivity index (χ0v) is 14.5. The Morgan fingerprint density at radius 2 is 2.12 bits per heavy atom. The molecular weight excluding hydrogens is 322 g/mol. The maximum atomic E-state index is 13.3. The number of thiophene rings is 1. The lowest BCUT2D eigenvalue weighted by molar-refractivity contribution is -0.128. The molecule has 4 atom stereocenters. The van der Waals surface area contributed by atoms with Crippen molar-refractivity contribution < 1.29 is 9.59 Å². The summed E-state index contributed by atoms with van der Waals surface area (Å²) in [4.78, 5) is 29.3. The number of nitrogens with zero attached hydrogens (tertiary/aromatic N) is 2. The third-order valence-electron chi connectivity index (χ3n) is 6.37. The molecule has 2 fully saturated rings. The largest absolute Gasteiger partial charge is 0.330 e. The highest BCUT2D eigenvalue weighted by molar-refractivity contribution is 7.08. The highest BCUT2D eigenvalue weighted by Gasteiger charge is 2.50. The van der Waals surface area contributed by atoms with Crippen molar-refractivity contribution in [3.05, 3.63) is 33.7 Å². The molecule has 126 valence electrons. The van der Waals surface area contributed by atoms with Gasteiger partial charge in [-0.25, -0.2) is 4.79 Å². The summed E-state index contributed by atoms with van der Waals surface area (Å²) in [6.45, 7) is 0.590. The van der Waals surface area contributed by atoms with Gasteiger partial charge < -0.3 is 10.2 Å². The Hall–Kier alpha value is -1.82. The molecule has 2 aliphatic carbocycles. The zero-order valence-electron chi connectivity index (χ0n) is 13.7. The van der Waals surface area contributed by atoms with Crippen LogP contribution in [0, 0.1) is 11.8 Å². The van der Waals surface area contributed by atoms with Crippen LogP contribution in [0.25, 0.3) is 0 Å². The molecule has 0 aromatic carbocycles. The summed E-state index contributed by atoms with van der Waals surface area (Å²) in [6.07, 6.45) is 5.00. The fourth-order valence-electron chi connectivity index (χ4n) is 5.14. The minimum absolute atomic E-state index is 0.118. The molecule has 4 aliphatic rings. The van der Waals surface area contributed by atoms with Gasteiger partial charge in [0.15, 0.2) is 0 Å². The van der Waals surface area contributed by atoms with E-state index in [1.807, 2.05) is 16.8 Å². The first-order valence-corrected chi connectivity index (χ1v) is 9.68. The van der Waals surface area contributed by atoms with E-state index in [-0.39, 0.29) is 18.0 Å². The van der Waals surface area contributed by atoms with E-state index in [2.05, 4.69) is 10.2 Å². The molecule has 4 unspecified atom stereocenters. The summed E-state index contributed by atoms with van der Waals surface area (Å²) in [7, 11) is 1.77. The molecular formula is C18H21N3O2S. The minimum atomic E-state index is -0.300. The van der Waals surface area contributed by atoms with Crippen LogP contribution in [0.4, 0.5) is 4.79 Å². The van der Waals surface area contributed by atoms with Gasteiger partial charge in [-0.3, -0.25) is 9.69 Å². The maximum absolute atomic E-state index is 13.3. The predicted molar refractivity (Wildman–Crippen MR) is 91.3 cm³/mol. The minimum Gasteiger partial charge on any atom is -0.330 e. The van der Waals surface area contributed by atoms with E-state index >= 15 is 0 Å². The average Bonchev–Trinajstić information content (AvgIpc) is 3.34. The lowest BCUT2D eigenvalue weighted by Crippen LogP contribution is -2.45. The van der Waals surface area contributed by atoms with Crippen molar-refractivity contribution >= 4 is 23.3 Å². The predicted octanol–water partition coefficient (Wildman–Crippen LogP) is 2.73. The Morgan fingerprint density at radius 3 is 2.79 bits per heavy atom. The van der Waals surface area contributed by atoms with Gasteiger partial charge in [-0.15, -0.1) is 0 Å². The molecule has 1 N–H and O–H groups in total. The number of carbonyl (C=O) groups excluding carboxylic acids is 2. The number of amides is 3. The van der Waals surface area contributed by atoms with Crippen LogP contribution in [0.3, 0.4) is 0 Å². The molecule has 2 aliphatic heterocycles. The van der Waals surface area contributed by atoms with Crippen LogP contribution >= 0.6 is 11.3 Å². The molecule has 2 saturated carbocycles. The summed E-state index contributed by atoms with van der Waals surface area (Å²) in [5, 5.41) is 7.02. The van der Waals surface area contributed by atoms with Gasteiger partial charge in [0, 0.05) is 13.1 Å². The molecule has 6 heteroatoms. The van der Waals surface area contributed by atoms with E-state index in [1.165, 1.54) is 19.3 Å². The third-order valence-corrected chi connectivity index (χ3v) is 7.07. The number of urea groups is 1. The monoisotopic (exact) mass is 343 g/mol. The van der Waals surface area contributed by atoms with Gasteiger partial charge in [-0.05, 0) is 53.5 Å². The summed E-state index contributed by atoms with van der Waals surface area (Å²) in [5.41, 5.74) is 2.68. The van der Waals surface area contributed by atoms with E-state index in [1.54, 1.807) is 23.3 Å². The number of hydrogen-bond donors (Lipinski definition) is 1. The van der Waals surface area contributed by atoms with Crippen LogP contribution in [0.2, 0.25) is 0 Å². The molecule has 1 aromatic rings. The third kappa shape index (κ3) is 1.92. The number of rotatable bonds is 2. The fourth-order valence-corrected chi connectivity index (χ4v) is 5.82. The van der Waals surface area contributed by atoms with E-state index in [0.717, 1.165) is 29.2 Å². The SMILES string of the molecule is CN1C(=O)NC(c2ccsc2)C2=C1CN(C1CC3CCC1C3)C2=O. The van der Waals surface area contributed by atoms with Gasteiger partial charge in [0.2, 0.25) is 0 Å². The smallest absolute Gasteiger partial charge is 0.322 e. The fraction of sp³-hybridized carbons (Fsp3) is 0.556. The van der Waals surface area contributed by atoms with E-state index in [0.29, 0.717) is 18.5 Å². The van der Waals surface area contributed by atoms with Crippen LogP contribution in [-0.4, -0.2) is 41.4 Å². The van der Waals surface area contributed by atoms with Gasteiger partial charge in [0.05, 0.1) is 23.9 Å². The molecule has 2 bridgehead atoms. The topological polar surface area (TPSA) is 52.7 Å². The number of hydrogen-bond acceptors (Lipinski definition) is 3. The first-order chi connectivity index (χ1) is 11.6. The highest BCUT2D eigenvalue weighted by Crippen LogP contribution is 2.49. The number of likely N-dealkylation sites (N-methyl/N-ethyl adjacent to an activating group) is 1. The van der Waals surface area contributed by atoms with Crippen molar-refractivity contribution in [2.75, 3.05) is 13.6 Å². The second-order valence-corrected chi connectivity index (χ2v) is 8.31. The maximum Gasteiger partial charge on any atom is 0.322 e. The van der Waals surface area contributed by atoms with E-state index < -0.39 is 0 Å².